The Morgan fingerprint density at radius 2 is 2.00 bits per heavy atom. The quantitative estimate of drug-likeness (QED) is 0.379. The molecule has 0 aromatic heterocycles. The molecule has 1 heterocycles. The summed E-state index contributed by atoms with van der Waals surface area (Å²) >= 11 is 0. The smallest absolute Gasteiger partial charge is 0.173 e. The van der Waals surface area contributed by atoms with Crippen LogP contribution < -0.4 is 5.73 Å². The van der Waals surface area contributed by atoms with Gasteiger partial charge < -0.3 is 10.9 Å². The van der Waals surface area contributed by atoms with Gasteiger partial charge in [0, 0.05) is 44.3 Å². The van der Waals surface area contributed by atoms with Gasteiger partial charge in [0.1, 0.15) is 5.82 Å². The van der Waals surface area contributed by atoms with Gasteiger partial charge in [0.2, 0.25) is 0 Å². The van der Waals surface area contributed by atoms with E-state index in [1.54, 1.807) is 12.1 Å². The van der Waals surface area contributed by atoms with Crippen LogP contribution in [0.5, 0.6) is 0 Å². The molecule has 0 amide bonds. The Hall–Kier alpha value is -1.66. The van der Waals surface area contributed by atoms with Crippen LogP contribution in [-0.2, 0) is 6.54 Å². The maximum atomic E-state index is 14.4. The molecule has 0 unspecified atom stereocenters. The number of hydrogen-bond donors (Lipinski definition) is 2. The predicted octanol–water partition coefficient (Wildman–Crippen LogP) is 1.20. The van der Waals surface area contributed by atoms with Crippen LogP contribution in [-0.4, -0.2) is 53.1 Å². The lowest BCUT2D eigenvalue weighted by atomic mass is 10.1. The Balaban J connectivity index is 1.65. The molecule has 1 aromatic rings. The fraction of sp³-hybridized carbons (Fsp3) is 0.533. The number of hydrogen-bond acceptors (Lipinski definition) is 4. The van der Waals surface area contributed by atoms with Gasteiger partial charge in [-0.25, -0.2) is 4.39 Å². The van der Waals surface area contributed by atoms with Gasteiger partial charge in [-0.1, -0.05) is 17.3 Å². The summed E-state index contributed by atoms with van der Waals surface area (Å²) in [5.74, 6) is -0.578. The van der Waals surface area contributed by atoms with Crippen molar-refractivity contribution in [3.63, 3.8) is 0 Å². The molecule has 21 heavy (non-hydrogen) atoms. The minimum Gasteiger partial charge on any atom is -0.409 e. The van der Waals surface area contributed by atoms with Gasteiger partial charge in [-0.15, -0.1) is 0 Å². The summed E-state index contributed by atoms with van der Waals surface area (Å²) in [5.41, 5.74) is 6.25. The number of nitrogens with zero attached hydrogens (tertiary/aromatic N) is 3. The second-order valence-corrected chi connectivity index (χ2v) is 5.81. The minimum absolute atomic E-state index is 0.159. The first-order chi connectivity index (χ1) is 10.2. The molecule has 1 saturated heterocycles. The number of rotatable bonds is 4. The van der Waals surface area contributed by atoms with Crippen LogP contribution in [0.25, 0.3) is 0 Å². The number of benzene rings is 1. The Bertz CT molecular complexity index is 536. The number of amidine groups is 1. The van der Waals surface area contributed by atoms with E-state index < -0.39 is 5.82 Å². The SMILES string of the molecule is N/C(=N/O)c1cccc(CN2CCN(C3CC3)CC2)c1F. The molecule has 114 valence electrons. The van der Waals surface area contributed by atoms with Crippen LogP contribution in [0.15, 0.2) is 23.4 Å². The van der Waals surface area contributed by atoms with Crippen LogP contribution in [0.3, 0.4) is 0 Å². The maximum absolute atomic E-state index is 14.4. The summed E-state index contributed by atoms with van der Waals surface area (Å²) in [4.78, 5) is 4.78. The molecular formula is C15H21FN4O. The molecule has 3 N–H and O–H groups in total. The molecule has 0 spiro atoms. The fourth-order valence-corrected chi connectivity index (χ4v) is 2.92. The minimum atomic E-state index is -0.391. The second kappa shape index (κ2) is 5.99. The van der Waals surface area contributed by atoms with E-state index in [2.05, 4.69) is 15.0 Å². The van der Waals surface area contributed by atoms with Crippen molar-refractivity contribution in [2.75, 3.05) is 26.2 Å². The summed E-state index contributed by atoms with van der Waals surface area (Å²) in [6, 6.07) is 5.83. The predicted molar refractivity (Wildman–Crippen MR) is 78.8 cm³/mol. The van der Waals surface area contributed by atoms with Crippen molar-refractivity contribution in [3.05, 3.63) is 35.1 Å². The number of oxime groups is 1. The van der Waals surface area contributed by atoms with E-state index >= 15 is 0 Å². The lowest BCUT2D eigenvalue weighted by molar-refractivity contribution is 0.120. The lowest BCUT2D eigenvalue weighted by Gasteiger charge is -2.34. The molecule has 6 heteroatoms. The third-order valence-electron chi connectivity index (χ3n) is 4.33. The van der Waals surface area contributed by atoms with Crippen LogP contribution in [0.1, 0.15) is 24.0 Å². The van der Waals surface area contributed by atoms with Gasteiger partial charge >= 0.3 is 0 Å². The highest BCUT2D eigenvalue weighted by molar-refractivity contribution is 5.97. The summed E-state index contributed by atoms with van der Waals surface area (Å²) in [6.45, 7) is 4.61. The highest BCUT2D eigenvalue weighted by Gasteiger charge is 2.31. The third-order valence-corrected chi connectivity index (χ3v) is 4.33. The van der Waals surface area contributed by atoms with Gasteiger partial charge in [-0.3, -0.25) is 9.80 Å². The molecule has 2 fully saturated rings. The monoisotopic (exact) mass is 292 g/mol. The van der Waals surface area contributed by atoms with Gasteiger partial charge in [0.25, 0.3) is 0 Å². The van der Waals surface area contributed by atoms with Crippen molar-refractivity contribution in [3.8, 4) is 0 Å². The Morgan fingerprint density at radius 1 is 1.29 bits per heavy atom. The van der Waals surface area contributed by atoms with Crippen molar-refractivity contribution in [2.45, 2.75) is 25.4 Å². The molecule has 0 radical (unpaired) electrons. The Kier molecular flexibility index (Phi) is 4.07. The molecule has 2 aliphatic rings. The first-order valence-corrected chi connectivity index (χ1v) is 7.40. The highest BCUT2D eigenvalue weighted by atomic mass is 19.1. The van der Waals surface area contributed by atoms with Crippen molar-refractivity contribution < 1.29 is 9.60 Å². The molecule has 1 aromatic carbocycles. The second-order valence-electron chi connectivity index (χ2n) is 5.81. The van der Waals surface area contributed by atoms with E-state index in [4.69, 9.17) is 10.9 Å². The Labute approximate surface area is 123 Å². The largest absolute Gasteiger partial charge is 0.409 e. The van der Waals surface area contributed by atoms with Crippen LogP contribution in [0.2, 0.25) is 0 Å². The van der Waals surface area contributed by atoms with Gasteiger partial charge in [-0.2, -0.15) is 0 Å². The zero-order chi connectivity index (χ0) is 14.8. The summed E-state index contributed by atoms with van der Waals surface area (Å²) in [6.07, 6.45) is 2.66. The summed E-state index contributed by atoms with van der Waals surface area (Å²) in [5, 5.41) is 11.6. The van der Waals surface area contributed by atoms with Gasteiger partial charge in [0.15, 0.2) is 5.84 Å². The van der Waals surface area contributed by atoms with Gasteiger partial charge in [-0.05, 0) is 18.9 Å². The van der Waals surface area contributed by atoms with Crippen LogP contribution in [0, 0.1) is 5.82 Å². The molecule has 1 saturated carbocycles. The van der Waals surface area contributed by atoms with E-state index in [1.807, 2.05) is 0 Å². The van der Waals surface area contributed by atoms with Gasteiger partial charge in [0.05, 0.1) is 5.56 Å². The normalized spacial score (nSPS) is 21.7. The molecule has 5 nitrogen and oxygen atoms in total. The zero-order valence-corrected chi connectivity index (χ0v) is 12.0. The Morgan fingerprint density at radius 3 is 2.62 bits per heavy atom. The van der Waals surface area contributed by atoms with Crippen LogP contribution >= 0.6 is 0 Å². The molecule has 1 aliphatic heterocycles. The number of nitrogens with two attached hydrogens (primary N) is 1. The highest BCUT2D eigenvalue weighted by Crippen LogP contribution is 2.27. The van der Waals surface area contributed by atoms with E-state index in [0.717, 1.165) is 32.2 Å². The average Bonchev–Trinajstić information content (AvgIpc) is 3.34. The average molecular weight is 292 g/mol. The third kappa shape index (κ3) is 3.16. The zero-order valence-electron chi connectivity index (χ0n) is 12.0. The van der Waals surface area contributed by atoms with Crippen molar-refractivity contribution >= 4 is 5.84 Å². The molecule has 0 bridgehead atoms. The molecule has 3 rings (SSSR count). The van der Waals surface area contributed by atoms with Crippen LogP contribution in [0.4, 0.5) is 4.39 Å². The van der Waals surface area contributed by atoms with Crippen molar-refractivity contribution in [1.82, 2.24) is 9.80 Å². The number of halogens is 1. The van der Waals surface area contributed by atoms with E-state index in [9.17, 15) is 4.39 Å². The topological polar surface area (TPSA) is 65.1 Å². The van der Waals surface area contributed by atoms with Crippen molar-refractivity contribution in [2.24, 2.45) is 10.9 Å². The molecular weight excluding hydrogens is 271 g/mol. The fourth-order valence-electron chi connectivity index (χ4n) is 2.92. The number of piperazine rings is 1. The van der Waals surface area contributed by atoms with E-state index in [-0.39, 0.29) is 11.4 Å². The van der Waals surface area contributed by atoms with E-state index in [1.165, 1.54) is 18.9 Å². The van der Waals surface area contributed by atoms with E-state index in [0.29, 0.717) is 12.1 Å². The molecule has 1 aliphatic carbocycles. The van der Waals surface area contributed by atoms with Crippen molar-refractivity contribution in [1.29, 1.82) is 0 Å². The lowest BCUT2D eigenvalue weighted by Crippen LogP contribution is -2.46. The standard InChI is InChI=1S/C15H21FN4O/c16-14-11(2-1-3-13(14)15(17)18-21)10-19-6-8-20(9-7-19)12-4-5-12/h1-3,12,21H,4-10H2,(H2,17,18). The summed E-state index contributed by atoms with van der Waals surface area (Å²) in [7, 11) is 0. The molecule has 0 atom stereocenters. The first-order valence-electron chi connectivity index (χ1n) is 7.40. The maximum Gasteiger partial charge on any atom is 0.173 e. The summed E-state index contributed by atoms with van der Waals surface area (Å²) < 4.78 is 14.4. The first kappa shape index (κ1) is 14.3.